The van der Waals surface area contributed by atoms with E-state index in [1.165, 1.54) is 0 Å². The van der Waals surface area contributed by atoms with Crippen molar-refractivity contribution in [3.8, 4) is 12.3 Å². The van der Waals surface area contributed by atoms with Gasteiger partial charge in [-0.15, -0.1) is 18.2 Å². The van der Waals surface area contributed by atoms with Gasteiger partial charge in [0.15, 0.2) is 11.6 Å². The van der Waals surface area contributed by atoms with Crippen molar-refractivity contribution in [2.75, 3.05) is 12.3 Å². The lowest BCUT2D eigenvalue weighted by Crippen LogP contribution is -2.36. The lowest BCUT2D eigenvalue weighted by molar-refractivity contribution is 0.114. The zero-order chi connectivity index (χ0) is 14.2. The molecular formula is C11H12FN3O3S. The minimum absolute atomic E-state index is 0.111. The molecule has 0 amide bonds. The van der Waals surface area contributed by atoms with Gasteiger partial charge in [0.2, 0.25) is 0 Å². The SMILES string of the molecule is C#CC1(CO)SC(n2cc(F)c(N)nc2=O)CC1O. The molecular weight excluding hydrogens is 273 g/mol. The number of aromatic nitrogens is 2. The summed E-state index contributed by atoms with van der Waals surface area (Å²) < 4.78 is 13.2. The van der Waals surface area contributed by atoms with E-state index in [-0.39, 0.29) is 6.42 Å². The molecule has 8 heteroatoms. The number of aliphatic hydroxyl groups excluding tert-OH is 2. The molecule has 1 fully saturated rings. The summed E-state index contributed by atoms with van der Waals surface area (Å²) in [5.74, 6) is 1.03. The Balaban J connectivity index is 2.39. The molecule has 19 heavy (non-hydrogen) atoms. The highest BCUT2D eigenvalue weighted by Gasteiger charge is 2.47. The predicted molar refractivity (Wildman–Crippen MR) is 68.8 cm³/mol. The Morgan fingerprint density at radius 2 is 2.47 bits per heavy atom. The number of rotatable bonds is 2. The van der Waals surface area contributed by atoms with Crippen LogP contribution in [0.1, 0.15) is 11.8 Å². The zero-order valence-electron chi connectivity index (χ0n) is 9.78. The van der Waals surface area contributed by atoms with Crippen molar-refractivity contribution in [2.45, 2.75) is 22.6 Å². The number of terminal acetylenes is 1. The zero-order valence-corrected chi connectivity index (χ0v) is 10.6. The van der Waals surface area contributed by atoms with Crippen LogP contribution in [0.3, 0.4) is 0 Å². The van der Waals surface area contributed by atoms with E-state index in [1.54, 1.807) is 0 Å². The van der Waals surface area contributed by atoms with Gasteiger partial charge in [-0.05, 0) is 0 Å². The highest BCUT2D eigenvalue weighted by Crippen LogP contribution is 2.48. The predicted octanol–water partition coefficient (Wildman–Crippen LogP) is -0.675. The molecule has 0 spiro atoms. The number of nitrogens with two attached hydrogens (primary N) is 1. The fourth-order valence-electron chi connectivity index (χ4n) is 1.90. The summed E-state index contributed by atoms with van der Waals surface area (Å²) in [4.78, 5) is 15.0. The van der Waals surface area contributed by atoms with Crippen LogP contribution >= 0.6 is 11.8 Å². The van der Waals surface area contributed by atoms with Crippen molar-refractivity contribution in [3.05, 3.63) is 22.5 Å². The summed E-state index contributed by atoms with van der Waals surface area (Å²) in [5.41, 5.74) is 4.47. The Kier molecular flexibility index (Phi) is 3.54. The maximum Gasteiger partial charge on any atom is 0.350 e. The summed E-state index contributed by atoms with van der Waals surface area (Å²) in [5, 5.41) is 18.6. The van der Waals surface area contributed by atoms with E-state index in [4.69, 9.17) is 12.2 Å². The van der Waals surface area contributed by atoms with Crippen molar-refractivity contribution < 1.29 is 14.6 Å². The maximum atomic E-state index is 13.4. The minimum Gasteiger partial charge on any atom is -0.394 e. The first kappa shape index (κ1) is 13.9. The van der Waals surface area contributed by atoms with Gasteiger partial charge >= 0.3 is 5.69 Å². The number of anilines is 1. The second-order valence-corrected chi connectivity index (χ2v) is 5.69. The van der Waals surface area contributed by atoms with Gasteiger partial charge in [0.1, 0.15) is 4.75 Å². The van der Waals surface area contributed by atoms with Crippen LogP contribution in [0.4, 0.5) is 10.2 Å². The molecule has 0 aliphatic carbocycles. The molecule has 3 atom stereocenters. The van der Waals surface area contributed by atoms with Gasteiger partial charge in [0, 0.05) is 12.6 Å². The van der Waals surface area contributed by atoms with Gasteiger partial charge in [0.25, 0.3) is 0 Å². The van der Waals surface area contributed by atoms with Crippen LogP contribution in [0, 0.1) is 18.2 Å². The van der Waals surface area contributed by atoms with Crippen molar-refractivity contribution in [3.63, 3.8) is 0 Å². The average Bonchev–Trinajstić information content (AvgIpc) is 2.71. The van der Waals surface area contributed by atoms with E-state index in [0.29, 0.717) is 0 Å². The third-order valence-electron chi connectivity index (χ3n) is 3.03. The van der Waals surface area contributed by atoms with Gasteiger partial charge in [-0.1, -0.05) is 5.92 Å². The second kappa shape index (κ2) is 4.85. The van der Waals surface area contributed by atoms with E-state index in [2.05, 4.69) is 10.9 Å². The molecule has 1 aromatic rings. The van der Waals surface area contributed by atoms with Gasteiger partial charge < -0.3 is 15.9 Å². The number of hydrogen-bond donors (Lipinski definition) is 3. The van der Waals surface area contributed by atoms with Crippen LogP contribution in [0.25, 0.3) is 0 Å². The number of nitrogen functional groups attached to an aromatic ring is 1. The number of halogens is 1. The Morgan fingerprint density at radius 3 is 3.00 bits per heavy atom. The quantitative estimate of drug-likeness (QED) is 0.623. The summed E-state index contributed by atoms with van der Waals surface area (Å²) in [6.07, 6.45) is 5.36. The Bertz CT molecular complexity index is 600. The molecule has 2 heterocycles. The number of nitrogens with zero attached hydrogens (tertiary/aromatic N) is 2. The molecule has 2 rings (SSSR count). The first-order valence-corrected chi connectivity index (χ1v) is 6.30. The van der Waals surface area contributed by atoms with E-state index in [9.17, 15) is 19.4 Å². The van der Waals surface area contributed by atoms with E-state index >= 15 is 0 Å². The molecule has 0 aromatic carbocycles. The molecule has 1 saturated heterocycles. The molecule has 102 valence electrons. The lowest BCUT2D eigenvalue weighted by Gasteiger charge is -2.22. The van der Waals surface area contributed by atoms with Crippen LogP contribution in [-0.4, -0.2) is 37.2 Å². The largest absolute Gasteiger partial charge is 0.394 e. The van der Waals surface area contributed by atoms with Crippen LogP contribution in [0.2, 0.25) is 0 Å². The van der Waals surface area contributed by atoms with Gasteiger partial charge in [-0.25, -0.2) is 9.18 Å². The first-order valence-electron chi connectivity index (χ1n) is 5.42. The number of thioether (sulfide) groups is 1. The Hall–Kier alpha value is -1.56. The first-order chi connectivity index (χ1) is 8.93. The van der Waals surface area contributed by atoms with Crippen LogP contribution < -0.4 is 11.4 Å². The molecule has 0 bridgehead atoms. The smallest absolute Gasteiger partial charge is 0.350 e. The topological polar surface area (TPSA) is 101 Å². The Labute approximate surface area is 112 Å². The maximum absolute atomic E-state index is 13.4. The molecule has 1 aliphatic rings. The number of aliphatic hydroxyl groups is 2. The standard InChI is InChI=1S/C11H12FN3O3S/c1-2-11(5-16)7(17)3-8(19-11)15-4-6(12)9(13)14-10(15)18/h1,4,7-8,16-17H,3,5H2,(H2,13,14,18). The van der Waals surface area contributed by atoms with Gasteiger partial charge in [-0.2, -0.15) is 4.98 Å². The average molecular weight is 285 g/mol. The highest BCUT2D eigenvalue weighted by atomic mass is 32.2. The molecule has 0 saturated carbocycles. The minimum atomic E-state index is -1.19. The molecule has 1 aliphatic heterocycles. The normalized spacial score (nSPS) is 30.2. The fourth-order valence-corrected chi connectivity index (χ4v) is 3.33. The molecule has 6 nitrogen and oxygen atoms in total. The number of hydrogen-bond acceptors (Lipinski definition) is 6. The third kappa shape index (κ3) is 2.20. The lowest BCUT2D eigenvalue weighted by atomic mass is 10.0. The third-order valence-corrected chi connectivity index (χ3v) is 4.66. The van der Waals surface area contributed by atoms with E-state index < -0.39 is 40.2 Å². The van der Waals surface area contributed by atoms with Crippen molar-refractivity contribution >= 4 is 17.6 Å². The van der Waals surface area contributed by atoms with Crippen LogP contribution in [0.5, 0.6) is 0 Å². The Morgan fingerprint density at radius 1 is 1.79 bits per heavy atom. The summed E-state index contributed by atoms with van der Waals surface area (Å²) >= 11 is 1.03. The molecule has 4 N–H and O–H groups in total. The molecule has 1 aromatic heterocycles. The van der Waals surface area contributed by atoms with E-state index in [1.807, 2.05) is 0 Å². The van der Waals surface area contributed by atoms with Crippen molar-refractivity contribution in [2.24, 2.45) is 0 Å². The van der Waals surface area contributed by atoms with Crippen LogP contribution in [0.15, 0.2) is 11.0 Å². The summed E-state index contributed by atoms with van der Waals surface area (Å²) in [6, 6.07) is 0. The van der Waals surface area contributed by atoms with Gasteiger partial charge in [-0.3, -0.25) is 4.57 Å². The van der Waals surface area contributed by atoms with E-state index in [0.717, 1.165) is 22.5 Å². The van der Waals surface area contributed by atoms with Crippen LogP contribution in [-0.2, 0) is 0 Å². The molecule has 0 radical (unpaired) electrons. The summed E-state index contributed by atoms with van der Waals surface area (Å²) in [6.45, 7) is -0.439. The monoisotopic (exact) mass is 285 g/mol. The van der Waals surface area contributed by atoms with Gasteiger partial charge in [0.05, 0.1) is 18.1 Å². The molecule has 3 unspecified atom stereocenters. The van der Waals surface area contributed by atoms with Crippen molar-refractivity contribution in [1.82, 2.24) is 9.55 Å². The van der Waals surface area contributed by atoms with Crippen molar-refractivity contribution in [1.29, 1.82) is 0 Å². The fraction of sp³-hybridized carbons (Fsp3) is 0.455. The highest BCUT2D eigenvalue weighted by molar-refractivity contribution is 8.01. The summed E-state index contributed by atoms with van der Waals surface area (Å²) in [7, 11) is 0. The second-order valence-electron chi connectivity index (χ2n) is 4.18.